The van der Waals surface area contributed by atoms with Gasteiger partial charge < -0.3 is 10.1 Å². The molecule has 0 atom stereocenters. The second-order valence-corrected chi connectivity index (χ2v) is 7.40. The standard InChI is InChI=1S/C22H18Cl2N2O2S/c23-16-9-10-19(20(24)13-16)21(27)26-22(29)25-17-7-4-8-18(14-17)28-12-11-15-5-2-1-3-6-15/h1-10,13-14H,11-12H2,(H2,25,26,27,29). The summed E-state index contributed by atoms with van der Waals surface area (Å²) in [5.74, 6) is 0.292. The molecule has 1 amide bonds. The number of rotatable bonds is 6. The van der Waals surface area contributed by atoms with E-state index < -0.39 is 5.91 Å². The van der Waals surface area contributed by atoms with Gasteiger partial charge in [-0.1, -0.05) is 59.6 Å². The van der Waals surface area contributed by atoms with Gasteiger partial charge in [0, 0.05) is 23.2 Å². The van der Waals surface area contributed by atoms with Crippen LogP contribution in [-0.4, -0.2) is 17.6 Å². The summed E-state index contributed by atoms with van der Waals surface area (Å²) < 4.78 is 5.81. The van der Waals surface area contributed by atoms with Gasteiger partial charge in [0.25, 0.3) is 5.91 Å². The first-order chi connectivity index (χ1) is 14.0. The van der Waals surface area contributed by atoms with Crippen LogP contribution in [0.1, 0.15) is 15.9 Å². The predicted molar refractivity (Wildman–Crippen MR) is 122 cm³/mol. The summed E-state index contributed by atoms with van der Waals surface area (Å²) in [4.78, 5) is 12.3. The molecule has 0 aromatic heterocycles. The Morgan fingerprint density at radius 1 is 0.966 bits per heavy atom. The van der Waals surface area contributed by atoms with Crippen molar-refractivity contribution in [1.29, 1.82) is 0 Å². The smallest absolute Gasteiger partial charge is 0.258 e. The SMILES string of the molecule is O=C(NC(=S)Nc1cccc(OCCc2ccccc2)c1)c1ccc(Cl)cc1Cl. The minimum absolute atomic E-state index is 0.155. The van der Waals surface area contributed by atoms with Gasteiger partial charge in [-0.25, -0.2) is 0 Å². The van der Waals surface area contributed by atoms with Gasteiger partial charge in [0.15, 0.2) is 5.11 Å². The van der Waals surface area contributed by atoms with Crippen molar-refractivity contribution in [1.82, 2.24) is 5.32 Å². The molecule has 0 unspecified atom stereocenters. The van der Waals surface area contributed by atoms with Crippen molar-refractivity contribution in [3.63, 3.8) is 0 Å². The highest BCUT2D eigenvalue weighted by molar-refractivity contribution is 7.80. The monoisotopic (exact) mass is 444 g/mol. The first-order valence-electron chi connectivity index (χ1n) is 8.85. The molecule has 0 bridgehead atoms. The Hall–Kier alpha value is -2.60. The second-order valence-electron chi connectivity index (χ2n) is 6.14. The number of anilines is 1. The lowest BCUT2D eigenvalue weighted by Gasteiger charge is -2.12. The van der Waals surface area contributed by atoms with Gasteiger partial charge >= 0.3 is 0 Å². The summed E-state index contributed by atoms with van der Waals surface area (Å²) in [6.45, 7) is 0.559. The number of nitrogens with one attached hydrogen (secondary N) is 2. The number of ether oxygens (including phenoxy) is 1. The van der Waals surface area contributed by atoms with Crippen LogP contribution in [0.3, 0.4) is 0 Å². The molecular formula is C22H18Cl2N2O2S. The molecule has 0 aliphatic heterocycles. The molecule has 0 heterocycles. The fraction of sp³-hybridized carbons (Fsp3) is 0.0909. The van der Waals surface area contributed by atoms with Crippen molar-refractivity contribution in [2.75, 3.05) is 11.9 Å². The van der Waals surface area contributed by atoms with Crippen LogP contribution in [0.15, 0.2) is 72.8 Å². The molecule has 4 nitrogen and oxygen atoms in total. The van der Waals surface area contributed by atoms with E-state index in [-0.39, 0.29) is 10.1 Å². The van der Waals surface area contributed by atoms with Crippen LogP contribution in [-0.2, 0) is 6.42 Å². The fourth-order valence-corrected chi connectivity index (χ4v) is 3.31. The predicted octanol–water partition coefficient (Wildman–Crippen LogP) is 5.74. The third-order valence-corrected chi connectivity index (χ3v) is 4.75. The minimum atomic E-state index is -0.417. The van der Waals surface area contributed by atoms with Crippen molar-refractivity contribution in [3.05, 3.63) is 94.0 Å². The molecule has 29 heavy (non-hydrogen) atoms. The van der Waals surface area contributed by atoms with Crippen molar-refractivity contribution >= 4 is 52.1 Å². The van der Waals surface area contributed by atoms with Gasteiger partial charge in [0.05, 0.1) is 17.2 Å². The molecule has 0 aliphatic carbocycles. The molecule has 0 fully saturated rings. The molecule has 0 radical (unpaired) electrons. The van der Waals surface area contributed by atoms with E-state index in [2.05, 4.69) is 22.8 Å². The average Bonchev–Trinajstić information content (AvgIpc) is 2.69. The lowest BCUT2D eigenvalue weighted by molar-refractivity contribution is 0.0978. The first-order valence-corrected chi connectivity index (χ1v) is 10.0. The molecule has 148 valence electrons. The summed E-state index contributed by atoms with van der Waals surface area (Å²) in [5, 5.41) is 6.44. The van der Waals surface area contributed by atoms with Gasteiger partial charge in [-0.15, -0.1) is 0 Å². The van der Waals surface area contributed by atoms with Crippen LogP contribution >= 0.6 is 35.4 Å². The van der Waals surface area contributed by atoms with E-state index in [1.807, 2.05) is 42.5 Å². The van der Waals surface area contributed by atoms with Crippen molar-refractivity contribution in [2.24, 2.45) is 0 Å². The lowest BCUT2D eigenvalue weighted by atomic mass is 10.2. The summed E-state index contributed by atoms with van der Waals surface area (Å²) in [7, 11) is 0. The van der Waals surface area contributed by atoms with E-state index in [0.29, 0.717) is 28.6 Å². The van der Waals surface area contributed by atoms with Crippen LogP contribution in [0.5, 0.6) is 5.75 Å². The Morgan fingerprint density at radius 3 is 2.52 bits per heavy atom. The normalized spacial score (nSPS) is 10.3. The summed E-state index contributed by atoms with van der Waals surface area (Å²) in [6.07, 6.45) is 0.814. The van der Waals surface area contributed by atoms with Crippen molar-refractivity contribution in [2.45, 2.75) is 6.42 Å². The van der Waals surface area contributed by atoms with Gasteiger partial charge in [-0.2, -0.15) is 0 Å². The maximum absolute atomic E-state index is 12.3. The topological polar surface area (TPSA) is 50.4 Å². The molecule has 0 spiro atoms. The molecular weight excluding hydrogens is 427 g/mol. The van der Waals surface area contributed by atoms with Gasteiger partial charge in [-0.05, 0) is 48.1 Å². The molecule has 7 heteroatoms. The van der Waals surface area contributed by atoms with Gasteiger partial charge in [-0.3, -0.25) is 10.1 Å². The minimum Gasteiger partial charge on any atom is -0.493 e. The Balaban J connectivity index is 1.53. The van der Waals surface area contributed by atoms with Crippen LogP contribution in [0.4, 0.5) is 5.69 Å². The zero-order chi connectivity index (χ0) is 20.6. The number of carbonyl (C=O) groups is 1. The highest BCUT2D eigenvalue weighted by Crippen LogP contribution is 2.21. The maximum atomic E-state index is 12.3. The highest BCUT2D eigenvalue weighted by atomic mass is 35.5. The number of halogens is 2. The Bertz CT molecular complexity index is 1010. The fourth-order valence-electron chi connectivity index (χ4n) is 2.60. The number of hydrogen-bond acceptors (Lipinski definition) is 3. The maximum Gasteiger partial charge on any atom is 0.258 e. The van der Waals surface area contributed by atoms with Crippen LogP contribution < -0.4 is 15.4 Å². The number of carbonyl (C=O) groups excluding carboxylic acids is 1. The quantitative estimate of drug-likeness (QED) is 0.475. The third kappa shape index (κ3) is 6.46. The van der Waals surface area contributed by atoms with Crippen LogP contribution in [0.25, 0.3) is 0 Å². The van der Waals surface area contributed by atoms with E-state index in [9.17, 15) is 4.79 Å². The summed E-state index contributed by atoms with van der Waals surface area (Å²) >= 11 is 17.1. The van der Waals surface area contributed by atoms with E-state index in [4.69, 9.17) is 40.2 Å². The highest BCUT2D eigenvalue weighted by Gasteiger charge is 2.12. The number of benzene rings is 3. The number of thiocarbonyl (C=S) groups is 1. The van der Waals surface area contributed by atoms with E-state index in [1.165, 1.54) is 11.6 Å². The lowest BCUT2D eigenvalue weighted by Crippen LogP contribution is -2.34. The van der Waals surface area contributed by atoms with Crippen LogP contribution in [0.2, 0.25) is 10.0 Å². The molecule has 3 aromatic rings. The molecule has 3 rings (SSSR count). The summed E-state index contributed by atoms with van der Waals surface area (Å²) in [5.41, 5.74) is 2.21. The third-order valence-electron chi connectivity index (χ3n) is 4.00. The zero-order valence-corrected chi connectivity index (χ0v) is 17.7. The zero-order valence-electron chi connectivity index (χ0n) is 15.3. The first kappa shape index (κ1) is 21.1. The number of hydrogen-bond donors (Lipinski definition) is 2. The van der Waals surface area contributed by atoms with Crippen molar-refractivity contribution in [3.8, 4) is 5.75 Å². The van der Waals surface area contributed by atoms with Gasteiger partial charge in [0.1, 0.15) is 5.75 Å². The van der Waals surface area contributed by atoms with Gasteiger partial charge in [0.2, 0.25) is 0 Å². The Kier molecular flexibility index (Phi) is 7.47. The average molecular weight is 445 g/mol. The largest absolute Gasteiger partial charge is 0.493 e. The Labute approximate surface area is 184 Å². The number of amides is 1. The molecule has 0 saturated carbocycles. The van der Waals surface area contributed by atoms with E-state index >= 15 is 0 Å². The van der Waals surface area contributed by atoms with E-state index in [0.717, 1.165) is 6.42 Å². The molecule has 0 saturated heterocycles. The van der Waals surface area contributed by atoms with Crippen LogP contribution in [0, 0.1) is 0 Å². The summed E-state index contributed by atoms with van der Waals surface area (Å²) in [6, 6.07) is 22.1. The molecule has 3 aromatic carbocycles. The van der Waals surface area contributed by atoms with Crippen molar-refractivity contribution < 1.29 is 9.53 Å². The van der Waals surface area contributed by atoms with E-state index in [1.54, 1.807) is 12.1 Å². The molecule has 2 N–H and O–H groups in total. The second kappa shape index (κ2) is 10.3. The Morgan fingerprint density at radius 2 is 1.76 bits per heavy atom. The molecule has 0 aliphatic rings.